The molecule has 10 heteroatoms. The molecule has 0 unspecified atom stereocenters. The first-order valence-corrected chi connectivity index (χ1v) is 11.6. The maximum Gasteiger partial charge on any atom is 0.331 e. The summed E-state index contributed by atoms with van der Waals surface area (Å²) in [6.45, 7) is 0.293. The number of esters is 1. The number of halogens is 2. The SMILES string of the molecule is O=C(/C=C/c1ccccc1Cl)OCC(=O)N1CCN(S(=O)(=O)c2ccc(Cl)cc2)CC1. The molecule has 1 fully saturated rings. The Balaban J connectivity index is 1.48. The van der Waals surface area contributed by atoms with Crippen LogP contribution in [0.1, 0.15) is 5.56 Å². The van der Waals surface area contributed by atoms with Crippen LogP contribution in [0.5, 0.6) is 0 Å². The molecular formula is C21H20Cl2N2O5S. The Morgan fingerprint density at radius 3 is 2.26 bits per heavy atom. The van der Waals surface area contributed by atoms with Gasteiger partial charge in [-0.15, -0.1) is 0 Å². The molecule has 31 heavy (non-hydrogen) atoms. The molecule has 0 atom stereocenters. The highest BCUT2D eigenvalue weighted by Crippen LogP contribution is 2.20. The van der Waals surface area contributed by atoms with Gasteiger partial charge in [0.15, 0.2) is 6.61 Å². The van der Waals surface area contributed by atoms with E-state index in [9.17, 15) is 18.0 Å². The molecule has 7 nitrogen and oxygen atoms in total. The van der Waals surface area contributed by atoms with E-state index >= 15 is 0 Å². The minimum Gasteiger partial charge on any atom is -0.452 e. The Morgan fingerprint density at radius 2 is 1.61 bits per heavy atom. The van der Waals surface area contributed by atoms with Crippen molar-refractivity contribution in [2.75, 3.05) is 32.8 Å². The fourth-order valence-electron chi connectivity index (χ4n) is 2.97. The summed E-state index contributed by atoms with van der Waals surface area (Å²) < 4.78 is 31.7. The predicted octanol–water partition coefficient (Wildman–Crippen LogP) is 3.08. The van der Waals surface area contributed by atoms with E-state index in [1.165, 1.54) is 45.6 Å². The van der Waals surface area contributed by atoms with Gasteiger partial charge >= 0.3 is 5.97 Å². The maximum atomic E-state index is 12.7. The molecule has 1 saturated heterocycles. The molecule has 3 rings (SSSR count). The van der Waals surface area contributed by atoms with Crippen molar-refractivity contribution in [3.8, 4) is 0 Å². The summed E-state index contributed by atoms with van der Waals surface area (Å²) in [6, 6.07) is 12.9. The number of hydrogen-bond donors (Lipinski definition) is 0. The molecule has 0 aliphatic carbocycles. The van der Waals surface area contributed by atoms with Crippen LogP contribution in [0, 0.1) is 0 Å². The molecule has 0 aromatic heterocycles. The van der Waals surface area contributed by atoms with Crippen molar-refractivity contribution < 1.29 is 22.7 Å². The highest BCUT2D eigenvalue weighted by Gasteiger charge is 2.30. The fraction of sp³-hybridized carbons (Fsp3) is 0.238. The van der Waals surface area contributed by atoms with E-state index in [1.54, 1.807) is 24.3 Å². The first-order chi connectivity index (χ1) is 14.8. The van der Waals surface area contributed by atoms with Crippen LogP contribution >= 0.6 is 23.2 Å². The molecule has 0 spiro atoms. The summed E-state index contributed by atoms with van der Waals surface area (Å²) in [7, 11) is -3.66. The molecule has 2 aromatic carbocycles. The van der Waals surface area contributed by atoms with Crippen molar-refractivity contribution in [3.63, 3.8) is 0 Å². The molecule has 1 amide bonds. The van der Waals surface area contributed by atoms with E-state index in [4.69, 9.17) is 27.9 Å². The van der Waals surface area contributed by atoms with Gasteiger partial charge in [-0.2, -0.15) is 4.31 Å². The highest BCUT2D eigenvalue weighted by atomic mass is 35.5. The minimum atomic E-state index is -3.66. The third-order valence-corrected chi connectivity index (χ3v) is 7.19. The van der Waals surface area contributed by atoms with Gasteiger partial charge in [-0.3, -0.25) is 4.79 Å². The summed E-state index contributed by atoms with van der Waals surface area (Å²) >= 11 is 11.8. The molecule has 2 aromatic rings. The van der Waals surface area contributed by atoms with Gasteiger partial charge in [0.25, 0.3) is 5.91 Å². The van der Waals surface area contributed by atoms with Crippen molar-refractivity contribution in [1.29, 1.82) is 0 Å². The largest absolute Gasteiger partial charge is 0.452 e. The number of carbonyl (C=O) groups excluding carboxylic acids is 2. The van der Waals surface area contributed by atoms with Gasteiger partial charge in [0, 0.05) is 42.3 Å². The van der Waals surface area contributed by atoms with E-state index in [0.29, 0.717) is 15.6 Å². The molecule has 0 saturated carbocycles. The van der Waals surface area contributed by atoms with Crippen molar-refractivity contribution in [1.82, 2.24) is 9.21 Å². The lowest BCUT2D eigenvalue weighted by molar-refractivity contribution is -0.148. The topological polar surface area (TPSA) is 84.0 Å². The van der Waals surface area contributed by atoms with Crippen molar-refractivity contribution in [2.24, 2.45) is 0 Å². The standard InChI is InChI=1S/C21H20Cl2N2O5S/c22-17-6-8-18(9-7-17)31(28,29)25-13-11-24(12-14-25)20(26)15-30-21(27)10-5-16-3-1-2-4-19(16)23/h1-10H,11-15H2/b10-5+. The van der Waals surface area contributed by atoms with Gasteiger partial charge in [0.2, 0.25) is 10.0 Å². The number of ether oxygens (including phenoxy) is 1. The average molecular weight is 483 g/mol. The molecule has 0 radical (unpaired) electrons. The molecule has 1 aliphatic heterocycles. The van der Waals surface area contributed by atoms with Crippen LogP contribution in [-0.2, 0) is 24.3 Å². The summed E-state index contributed by atoms with van der Waals surface area (Å²) in [5, 5.41) is 0.944. The van der Waals surface area contributed by atoms with Crippen LogP contribution in [0.3, 0.4) is 0 Å². The number of nitrogens with zero attached hydrogens (tertiary/aromatic N) is 2. The Hall–Kier alpha value is -2.39. The zero-order chi connectivity index (χ0) is 22.4. The normalized spacial score (nSPS) is 15.2. The summed E-state index contributed by atoms with van der Waals surface area (Å²) in [5.41, 5.74) is 0.658. The third-order valence-electron chi connectivity index (χ3n) is 4.68. The lowest BCUT2D eigenvalue weighted by Gasteiger charge is -2.33. The predicted molar refractivity (Wildman–Crippen MR) is 118 cm³/mol. The Labute approximate surface area is 190 Å². The number of carbonyl (C=O) groups is 2. The number of amides is 1. The van der Waals surface area contributed by atoms with Gasteiger partial charge in [-0.05, 0) is 42.0 Å². The van der Waals surface area contributed by atoms with Crippen LogP contribution < -0.4 is 0 Å². The minimum absolute atomic E-state index is 0.149. The number of piperazine rings is 1. The van der Waals surface area contributed by atoms with E-state index in [1.807, 2.05) is 0 Å². The van der Waals surface area contributed by atoms with Gasteiger partial charge in [-0.25, -0.2) is 13.2 Å². The zero-order valence-corrected chi connectivity index (χ0v) is 18.7. The summed E-state index contributed by atoms with van der Waals surface area (Å²) in [4.78, 5) is 25.8. The maximum absolute atomic E-state index is 12.7. The smallest absolute Gasteiger partial charge is 0.331 e. The number of sulfonamides is 1. The van der Waals surface area contributed by atoms with Crippen molar-refractivity contribution in [3.05, 3.63) is 70.2 Å². The van der Waals surface area contributed by atoms with Crippen LogP contribution in [0.2, 0.25) is 10.0 Å². The Morgan fingerprint density at radius 1 is 0.968 bits per heavy atom. The van der Waals surface area contributed by atoms with Gasteiger partial charge < -0.3 is 9.64 Å². The number of hydrogen-bond acceptors (Lipinski definition) is 5. The van der Waals surface area contributed by atoms with E-state index < -0.39 is 22.6 Å². The first kappa shape index (κ1) is 23.3. The molecular weight excluding hydrogens is 463 g/mol. The molecule has 0 bridgehead atoms. The highest BCUT2D eigenvalue weighted by molar-refractivity contribution is 7.89. The van der Waals surface area contributed by atoms with Crippen molar-refractivity contribution in [2.45, 2.75) is 4.90 Å². The van der Waals surface area contributed by atoms with E-state index in [2.05, 4.69) is 0 Å². The second-order valence-corrected chi connectivity index (χ2v) is 9.48. The fourth-order valence-corrected chi connectivity index (χ4v) is 4.72. The van der Waals surface area contributed by atoms with Crippen molar-refractivity contribution >= 4 is 51.2 Å². The van der Waals surface area contributed by atoms with Crippen LogP contribution in [-0.4, -0.2) is 62.3 Å². The lowest BCUT2D eigenvalue weighted by Crippen LogP contribution is -2.51. The molecule has 1 aliphatic rings. The molecule has 0 N–H and O–H groups in total. The van der Waals surface area contributed by atoms with Crippen LogP contribution in [0.15, 0.2) is 59.5 Å². The quantitative estimate of drug-likeness (QED) is 0.466. The summed E-state index contributed by atoms with van der Waals surface area (Å²) in [6.07, 6.45) is 2.71. The second-order valence-electron chi connectivity index (χ2n) is 6.70. The van der Waals surface area contributed by atoms with Gasteiger partial charge in [-0.1, -0.05) is 41.4 Å². The van der Waals surface area contributed by atoms with Gasteiger partial charge in [0.1, 0.15) is 0 Å². The van der Waals surface area contributed by atoms with Gasteiger partial charge in [0.05, 0.1) is 4.90 Å². The second kappa shape index (κ2) is 10.3. The third kappa shape index (κ3) is 6.07. The molecule has 1 heterocycles. The lowest BCUT2D eigenvalue weighted by atomic mass is 10.2. The first-order valence-electron chi connectivity index (χ1n) is 9.40. The van der Waals surface area contributed by atoms with E-state index in [0.717, 1.165) is 0 Å². The van der Waals surface area contributed by atoms with Crippen LogP contribution in [0.25, 0.3) is 6.08 Å². The monoisotopic (exact) mass is 482 g/mol. The molecule has 164 valence electrons. The number of benzene rings is 2. The zero-order valence-electron chi connectivity index (χ0n) is 16.4. The summed E-state index contributed by atoms with van der Waals surface area (Å²) in [5.74, 6) is -1.06. The van der Waals surface area contributed by atoms with E-state index in [-0.39, 0.29) is 37.0 Å². The number of rotatable bonds is 6. The Kier molecular flexibility index (Phi) is 7.72. The average Bonchev–Trinajstić information content (AvgIpc) is 2.77. The Bertz CT molecular complexity index is 1080. The van der Waals surface area contributed by atoms with Crippen LogP contribution in [0.4, 0.5) is 0 Å².